The average molecular weight is 210 g/mol. The zero-order valence-corrected chi connectivity index (χ0v) is 10.9. The van der Waals surface area contributed by atoms with Gasteiger partial charge in [-0.3, -0.25) is 0 Å². The van der Waals surface area contributed by atoms with Gasteiger partial charge in [0.15, 0.2) is 0 Å². The Morgan fingerprint density at radius 1 is 1.00 bits per heavy atom. The predicted octanol–water partition coefficient (Wildman–Crippen LogP) is 2.56. The van der Waals surface area contributed by atoms with Crippen molar-refractivity contribution in [3.8, 4) is 0 Å². The summed E-state index contributed by atoms with van der Waals surface area (Å²) in [6.07, 6.45) is 7.38. The lowest BCUT2D eigenvalue weighted by atomic mass is 9.63. The van der Waals surface area contributed by atoms with Crippen LogP contribution in [0.25, 0.3) is 0 Å². The van der Waals surface area contributed by atoms with Crippen LogP contribution in [-0.4, -0.2) is 12.1 Å². The summed E-state index contributed by atoms with van der Waals surface area (Å²) in [5, 5.41) is 2.70. The molecule has 1 saturated carbocycles. The van der Waals surface area contributed by atoms with E-state index < -0.39 is 0 Å². The number of rotatable bonds is 0. The van der Waals surface area contributed by atoms with Gasteiger partial charge >= 0.3 is 0 Å². The van der Waals surface area contributed by atoms with E-state index in [9.17, 15) is 0 Å². The van der Waals surface area contributed by atoms with Crippen molar-refractivity contribution < 1.29 is 5.32 Å². The Bertz CT molecular complexity index is 216. The lowest BCUT2D eigenvalue weighted by Gasteiger charge is -2.46. The highest BCUT2D eigenvalue weighted by Crippen LogP contribution is 2.41. The van der Waals surface area contributed by atoms with Gasteiger partial charge in [-0.15, -0.1) is 0 Å². The largest absolute Gasteiger partial charge is 0.341 e. The zero-order chi connectivity index (χ0) is 11.1. The highest BCUT2D eigenvalue weighted by molar-refractivity contribution is 4.89. The van der Waals surface area contributed by atoms with Gasteiger partial charge in [-0.25, -0.2) is 0 Å². The van der Waals surface area contributed by atoms with Gasteiger partial charge in [-0.1, -0.05) is 27.2 Å². The van der Waals surface area contributed by atoms with Crippen molar-refractivity contribution in [1.82, 2.24) is 0 Å². The first-order valence-electron chi connectivity index (χ1n) is 6.83. The van der Waals surface area contributed by atoms with Crippen molar-refractivity contribution in [2.24, 2.45) is 17.3 Å². The molecule has 1 heteroatoms. The Hall–Kier alpha value is -0.0400. The number of piperidine rings is 1. The number of fused-ring (bicyclic) bond motifs is 1. The third-order valence-corrected chi connectivity index (χ3v) is 4.75. The molecule has 0 spiro atoms. The first-order chi connectivity index (χ1) is 6.98. The molecule has 2 aliphatic rings. The predicted molar refractivity (Wildman–Crippen MR) is 64.7 cm³/mol. The van der Waals surface area contributed by atoms with Crippen LogP contribution >= 0.6 is 0 Å². The monoisotopic (exact) mass is 210 g/mol. The molecule has 0 aromatic carbocycles. The van der Waals surface area contributed by atoms with Gasteiger partial charge in [-0.05, 0) is 38.0 Å². The van der Waals surface area contributed by atoms with E-state index in [-0.39, 0.29) is 0 Å². The molecule has 1 saturated heterocycles. The summed E-state index contributed by atoms with van der Waals surface area (Å²) >= 11 is 0. The van der Waals surface area contributed by atoms with Gasteiger partial charge in [0.05, 0.1) is 12.1 Å². The molecule has 1 heterocycles. The summed E-state index contributed by atoms with van der Waals surface area (Å²) in [5.74, 6) is 1.97. The highest BCUT2D eigenvalue weighted by Gasteiger charge is 2.44. The van der Waals surface area contributed by atoms with Crippen LogP contribution in [0.4, 0.5) is 0 Å². The Labute approximate surface area is 95.0 Å². The van der Waals surface area contributed by atoms with Crippen LogP contribution in [-0.2, 0) is 0 Å². The number of hydrogen-bond donors (Lipinski definition) is 1. The maximum absolute atomic E-state index is 2.70. The van der Waals surface area contributed by atoms with Crippen LogP contribution in [0.3, 0.4) is 0 Å². The molecule has 1 aliphatic carbocycles. The summed E-state index contributed by atoms with van der Waals surface area (Å²) in [6, 6.07) is 1.80. The number of hydrogen-bond acceptors (Lipinski definition) is 0. The fraction of sp³-hybridized carbons (Fsp3) is 1.00. The Kier molecular flexibility index (Phi) is 3.12. The van der Waals surface area contributed by atoms with E-state index >= 15 is 0 Å². The SMILES string of the molecule is C[C@H]1CC[C@H]2CCC[C@@H](C(C)(C)C)[C@@H]2[NH2+]1. The van der Waals surface area contributed by atoms with Crippen molar-refractivity contribution in [2.75, 3.05) is 0 Å². The summed E-state index contributed by atoms with van der Waals surface area (Å²) in [7, 11) is 0. The first kappa shape index (κ1) is 11.4. The van der Waals surface area contributed by atoms with Gasteiger partial charge in [-0.2, -0.15) is 0 Å². The number of quaternary nitrogens is 1. The van der Waals surface area contributed by atoms with Crippen LogP contribution in [0.5, 0.6) is 0 Å². The minimum absolute atomic E-state index is 0.511. The Morgan fingerprint density at radius 3 is 2.40 bits per heavy atom. The molecular weight excluding hydrogens is 182 g/mol. The fourth-order valence-electron chi connectivity index (χ4n) is 3.90. The summed E-state index contributed by atoms with van der Waals surface area (Å²) in [6.45, 7) is 9.72. The molecule has 0 unspecified atom stereocenters. The molecule has 2 N–H and O–H groups in total. The molecule has 0 amide bonds. The molecule has 0 bridgehead atoms. The van der Waals surface area contributed by atoms with Crippen molar-refractivity contribution in [3.05, 3.63) is 0 Å². The highest BCUT2D eigenvalue weighted by atomic mass is 15.0. The molecule has 4 atom stereocenters. The zero-order valence-electron chi connectivity index (χ0n) is 10.9. The molecule has 2 fully saturated rings. The van der Waals surface area contributed by atoms with E-state index in [1.807, 2.05) is 0 Å². The van der Waals surface area contributed by atoms with E-state index in [2.05, 4.69) is 33.0 Å². The van der Waals surface area contributed by atoms with Gasteiger partial charge in [0.2, 0.25) is 0 Å². The van der Waals surface area contributed by atoms with Crippen molar-refractivity contribution in [3.63, 3.8) is 0 Å². The van der Waals surface area contributed by atoms with Crippen LogP contribution < -0.4 is 5.32 Å². The van der Waals surface area contributed by atoms with Crippen LogP contribution in [0.15, 0.2) is 0 Å². The molecule has 15 heavy (non-hydrogen) atoms. The minimum atomic E-state index is 0.511. The van der Waals surface area contributed by atoms with Gasteiger partial charge in [0.1, 0.15) is 0 Å². The van der Waals surface area contributed by atoms with Crippen molar-refractivity contribution >= 4 is 0 Å². The smallest absolute Gasteiger partial charge is 0.0923 e. The topological polar surface area (TPSA) is 16.6 Å². The third-order valence-electron chi connectivity index (χ3n) is 4.75. The number of nitrogens with two attached hydrogens (primary N) is 1. The van der Waals surface area contributed by atoms with E-state index in [1.54, 1.807) is 0 Å². The standard InChI is InChI=1S/C14H27N/c1-10-8-9-11-6-5-7-12(13(11)15-10)14(2,3)4/h10-13,15H,5-9H2,1-4H3/p+1/t10-,11+,12+,13+/m0/s1. The van der Waals surface area contributed by atoms with Gasteiger partial charge in [0, 0.05) is 11.8 Å². The molecule has 1 aliphatic heterocycles. The summed E-state index contributed by atoms with van der Waals surface area (Å²) < 4.78 is 0. The van der Waals surface area contributed by atoms with Crippen LogP contribution in [0.1, 0.15) is 59.8 Å². The van der Waals surface area contributed by atoms with Gasteiger partial charge in [0.25, 0.3) is 0 Å². The van der Waals surface area contributed by atoms with Crippen molar-refractivity contribution in [1.29, 1.82) is 0 Å². The first-order valence-corrected chi connectivity index (χ1v) is 6.83. The summed E-state index contributed by atoms with van der Waals surface area (Å²) in [5.41, 5.74) is 0.511. The average Bonchev–Trinajstić information content (AvgIpc) is 2.15. The molecule has 0 aromatic rings. The second-order valence-electron chi connectivity index (χ2n) is 6.99. The third kappa shape index (κ3) is 2.38. The Morgan fingerprint density at radius 2 is 1.73 bits per heavy atom. The maximum Gasteiger partial charge on any atom is 0.0923 e. The van der Waals surface area contributed by atoms with Crippen LogP contribution in [0.2, 0.25) is 0 Å². The second kappa shape index (κ2) is 4.08. The van der Waals surface area contributed by atoms with Crippen LogP contribution in [0, 0.1) is 17.3 Å². The Balaban J connectivity index is 2.11. The second-order valence-corrected chi connectivity index (χ2v) is 6.99. The maximum atomic E-state index is 2.70. The minimum Gasteiger partial charge on any atom is -0.341 e. The lowest BCUT2D eigenvalue weighted by Crippen LogP contribution is -2.99. The van der Waals surface area contributed by atoms with E-state index in [0.29, 0.717) is 5.41 Å². The lowest BCUT2D eigenvalue weighted by molar-refractivity contribution is -0.743. The van der Waals surface area contributed by atoms with E-state index in [4.69, 9.17) is 0 Å². The quantitative estimate of drug-likeness (QED) is 0.633. The fourth-order valence-corrected chi connectivity index (χ4v) is 3.90. The molecule has 2 rings (SSSR count). The molecule has 0 aromatic heterocycles. The molecule has 88 valence electrons. The molecule has 1 nitrogen and oxygen atoms in total. The van der Waals surface area contributed by atoms with Crippen molar-refractivity contribution in [2.45, 2.75) is 71.9 Å². The molecule has 0 radical (unpaired) electrons. The molecular formula is C14H28N+. The van der Waals surface area contributed by atoms with Gasteiger partial charge < -0.3 is 5.32 Å². The normalized spacial score (nSPS) is 42.4. The van der Waals surface area contributed by atoms with E-state index in [1.165, 1.54) is 32.1 Å². The summed E-state index contributed by atoms with van der Waals surface area (Å²) in [4.78, 5) is 0. The van der Waals surface area contributed by atoms with E-state index in [0.717, 1.165) is 23.9 Å².